The highest BCUT2D eigenvalue weighted by Gasteiger charge is 2.15. The molecule has 0 unspecified atom stereocenters. The standard InChI is InChI=1S/C9H6BrClN2O2/c1-4-5(10)2-12-8-7(4)6(11)3-13(8)9(14)15/h2-3H,1H3,(H,14,15). The van der Waals surface area contributed by atoms with Crippen molar-refractivity contribution in [3.63, 3.8) is 0 Å². The minimum atomic E-state index is -1.10. The number of rotatable bonds is 0. The summed E-state index contributed by atoms with van der Waals surface area (Å²) in [5.74, 6) is 0. The summed E-state index contributed by atoms with van der Waals surface area (Å²) in [4.78, 5) is 14.9. The van der Waals surface area contributed by atoms with E-state index in [0.29, 0.717) is 16.1 Å². The van der Waals surface area contributed by atoms with Gasteiger partial charge in [0.05, 0.1) is 5.02 Å². The van der Waals surface area contributed by atoms with Gasteiger partial charge in [0.1, 0.15) is 0 Å². The Balaban J connectivity index is 2.92. The van der Waals surface area contributed by atoms with Crippen LogP contribution in [0.4, 0.5) is 4.79 Å². The molecule has 78 valence electrons. The summed E-state index contributed by atoms with van der Waals surface area (Å²) in [7, 11) is 0. The summed E-state index contributed by atoms with van der Waals surface area (Å²) in [6, 6.07) is 0. The van der Waals surface area contributed by atoms with Gasteiger partial charge in [0.2, 0.25) is 0 Å². The van der Waals surface area contributed by atoms with Crippen molar-refractivity contribution in [1.29, 1.82) is 0 Å². The largest absolute Gasteiger partial charge is 0.464 e. The van der Waals surface area contributed by atoms with E-state index in [-0.39, 0.29) is 0 Å². The molecule has 0 bridgehead atoms. The van der Waals surface area contributed by atoms with Gasteiger partial charge in [-0.2, -0.15) is 0 Å². The van der Waals surface area contributed by atoms with Crippen molar-refractivity contribution in [3.05, 3.63) is 27.5 Å². The van der Waals surface area contributed by atoms with E-state index in [4.69, 9.17) is 16.7 Å². The van der Waals surface area contributed by atoms with Crippen LogP contribution >= 0.6 is 27.5 Å². The number of halogens is 2. The average molecular weight is 290 g/mol. The number of hydrogen-bond acceptors (Lipinski definition) is 2. The smallest absolute Gasteiger partial charge is 0.417 e. The summed E-state index contributed by atoms with van der Waals surface area (Å²) < 4.78 is 1.82. The van der Waals surface area contributed by atoms with Gasteiger partial charge >= 0.3 is 6.09 Å². The van der Waals surface area contributed by atoms with Crippen LogP contribution < -0.4 is 0 Å². The molecule has 1 N–H and O–H groups in total. The molecule has 0 amide bonds. The maximum atomic E-state index is 10.9. The third-order valence-electron chi connectivity index (χ3n) is 2.17. The van der Waals surface area contributed by atoms with E-state index in [1.54, 1.807) is 6.20 Å². The molecule has 0 aliphatic carbocycles. The Morgan fingerprint density at radius 2 is 2.33 bits per heavy atom. The minimum Gasteiger partial charge on any atom is -0.464 e. The summed E-state index contributed by atoms with van der Waals surface area (Å²) in [5.41, 5.74) is 1.23. The molecule has 15 heavy (non-hydrogen) atoms. The van der Waals surface area contributed by atoms with Crippen molar-refractivity contribution in [3.8, 4) is 0 Å². The second-order valence-electron chi connectivity index (χ2n) is 3.06. The molecule has 2 aromatic heterocycles. The molecule has 4 nitrogen and oxygen atoms in total. The summed E-state index contributed by atoms with van der Waals surface area (Å²) in [6.07, 6.45) is 1.81. The van der Waals surface area contributed by atoms with Crippen LogP contribution in [-0.4, -0.2) is 20.8 Å². The van der Waals surface area contributed by atoms with Gasteiger partial charge in [0.25, 0.3) is 0 Å². The molecule has 0 saturated heterocycles. The molecule has 0 saturated carbocycles. The van der Waals surface area contributed by atoms with Crippen LogP contribution in [0.15, 0.2) is 16.9 Å². The Bertz CT molecular complexity index is 565. The molecule has 0 radical (unpaired) electrons. The van der Waals surface area contributed by atoms with Crippen LogP contribution in [0, 0.1) is 6.92 Å². The van der Waals surface area contributed by atoms with E-state index in [2.05, 4.69) is 20.9 Å². The quantitative estimate of drug-likeness (QED) is 0.809. The fraction of sp³-hybridized carbons (Fsp3) is 0.111. The average Bonchev–Trinajstić information content (AvgIpc) is 2.50. The Morgan fingerprint density at radius 1 is 1.67 bits per heavy atom. The van der Waals surface area contributed by atoms with Crippen molar-refractivity contribution in [2.75, 3.05) is 0 Å². The summed E-state index contributed by atoms with van der Waals surface area (Å²) >= 11 is 9.27. The second-order valence-corrected chi connectivity index (χ2v) is 4.32. The maximum absolute atomic E-state index is 10.9. The number of nitrogens with zero attached hydrogens (tertiary/aromatic N) is 2. The van der Waals surface area contributed by atoms with Crippen molar-refractivity contribution in [2.45, 2.75) is 6.92 Å². The van der Waals surface area contributed by atoms with E-state index in [1.807, 2.05) is 6.92 Å². The van der Waals surface area contributed by atoms with Crippen LogP contribution in [0.5, 0.6) is 0 Å². The van der Waals surface area contributed by atoms with Crippen LogP contribution in [0.25, 0.3) is 11.0 Å². The lowest BCUT2D eigenvalue weighted by molar-refractivity contribution is 0.197. The Labute approximate surface area is 98.6 Å². The molecule has 0 aromatic carbocycles. The Hall–Kier alpha value is -1.07. The lowest BCUT2D eigenvalue weighted by atomic mass is 10.2. The molecule has 0 spiro atoms. The molecule has 0 aliphatic rings. The van der Waals surface area contributed by atoms with Crippen LogP contribution in [0.1, 0.15) is 5.56 Å². The second kappa shape index (κ2) is 3.50. The normalized spacial score (nSPS) is 10.9. The number of pyridine rings is 1. The lowest BCUT2D eigenvalue weighted by Gasteiger charge is -2.00. The summed E-state index contributed by atoms with van der Waals surface area (Å²) in [6.45, 7) is 1.85. The fourth-order valence-electron chi connectivity index (χ4n) is 1.42. The number of aryl methyl sites for hydroxylation is 1. The Kier molecular flexibility index (Phi) is 2.44. The molecule has 0 aliphatic heterocycles. The van der Waals surface area contributed by atoms with Crippen molar-refractivity contribution in [1.82, 2.24) is 9.55 Å². The van der Waals surface area contributed by atoms with Gasteiger partial charge in [-0.15, -0.1) is 0 Å². The lowest BCUT2D eigenvalue weighted by Crippen LogP contribution is -2.06. The predicted molar refractivity (Wildman–Crippen MR) is 60.6 cm³/mol. The third kappa shape index (κ3) is 1.52. The molecule has 2 rings (SSSR count). The highest BCUT2D eigenvalue weighted by molar-refractivity contribution is 9.10. The number of carbonyl (C=O) groups is 1. The Morgan fingerprint density at radius 3 is 2.93 bits per heavy atom. The van der Waals surface area contributed by atoms with Crippen molar-refractivity contribution in [2.24, 2.45) is 0 Å². The zero-order valence-corrected chi connectivity index (χ0v) is 10.0. The predicted octanol–water partition coefficient (Wildman–Crippen LogP) is 3.29. The van der Waals surface area contributed by atoms with Crippen molar-refractivity contribution >= 4 is 44.7 Å². The van der Waals surface area contributed by atoms with Gasteiger partial charge in [0.15, 0.2) is 5.65 Å². The zero-order chi connectivity index (χ0) is 11.2. The fourth-order valence-corrected chi connectivity index (χ4v) is 2.04. The molecule has 6 heteroatoms. The topological polar surface area (TPSA) is 55.1 Å². The molecule has 2 aromatic rings. The first-order valence-electron chi connectivity index (χ1n) is 4.07. The first-order chi connectivity index (χ1) is 7.02. The van der Waals surface area contributed by atoms with Gasteiger partial charge in [0, 0.05) is 22.3 Å². The number of aromatic nitrogens is 2. The van der Waals surface area contributed by atoms with E-state index in [0.717, 1.165) is 14.6 Å². The van der Waals surface area contributed by atoms with Gasteiger partial charge in [-0.25, -0.2) is 14.3 Å². The molecular weight excluding hydrogens is 283 g/mol. The number of hydrogen-bond donors (Lipinski definition) is 1. The van der Waals surface area contributed by atoms with Crippen LogP contribution in [0.3, 0.4) is 0 Å². The highest BCUT2D eigenvalue weighted by atomic mass is 79.9. The minimum absolute atomic E-state index is 0.355. The summed E-state index contributed by atoms with van der Waals surface area (Å²) in [5, 5.41) is 9.96. The zero-order valence-electron chi connectivity index (χ0n) is 7.66. The molecule has 2 heterocycles. The number of fused-ring (bicyclic) bond motifs is 1. The molecule has 0 atom stereocenters. The van der Waals surface area contributed by atoms with Gasteiger partial charge < -0.3 is 5.11 Å². The third-order valence-corrected chi connectivity index (χ3v) is 3.26. The van der Waals surface area contributed by atoms with E-state index >= 15 is 0 Å². The van der Waals surface area contributed by atoms with E-state index in [9.17, 15) is 4.79 Å². The van der Waals surface area contributed by atoms with Gasteiger partial charge in [-0.05, 0) is 28.4 Å². The monoisotopic (exact) mass is 288 g/mol. The van der Waals surface area contributed by atoms with Gasteiger partial charge in [-0.1, -0.05) is 11.6 Å². The molecule has 0 fully saturated rings. The van der Waals surface area contributed by atoms with Crippen molar-refractivity contribution < 1.29 is 9.90 Å². The first kappa shape index (κ1) is 10.4. The maximum Gasteiger partial charge on any atom is 0.417 e. The highest BCUT2D eigenvalue weighted by Crippen LogP contribution is 2.31. The van der Waals surface area contributed by atoms with E-state index in [1.165, 1.54) is 6.20 Å². The number of carboxylic acid groups (broad SMARTS) is 1. The SMILES string of the molecule is Cc1c(Br)cnc2c1c(Cl)cn2C(=O)O. The van der Waals surface area contributed by atoms with Gasteiger partial charge in [-0.3, -0.25) is 0 Å². The first-order valence-corrected chi connectivity index (χ1v) is 5.24. The van der Waals surface area contributed by atoms with E-state index < -0.39 is 6.09 Å². The molecular formula is C9H6BrClN2O2. The van der Waals surface area contributed by atoms with Crippen LogP contribution in [-0.2, 0) is 0 Å². The van der Waals surface area contributed by atoms with Crippen LogP contribution in [0.2, 0.25) is 5.02 Å².